The number of ether oxygens (including phenoxy) is 1. The summed E-state index contributed by atoms with van der Waals surface area (Å²) in [5.74, 6) is 2.32. The minimum atomic E-state index is 0.274. The van der Waals surface area contributed by atoms with Crippen LogP contribution in [0.4, 0.5) is 0 Å². The van der Waals surface area contributed by atoms with Gasteiger partial charge in [0, 0.05) is 0 Å². The Kier molecular flexibility index (Phi) is 6.48. The lowest BCUT2D eigenvalue weighted by Gasteiger charge is -2.17. The van der Waals surface area contributed by atoms with Crippen molar-refractivity contribution in [3.05, 3.63) is 35.9 Å². The van der Waals surface area contributed by atoms with Gasteiger partial charge in [-0.15, -0.1) is 0 Å². The van der Waals surface area contributed by atoms with Gasteiger partial charge in [0.15, 0.2) is 0 Å². The summed E-state index contributed by atoms with van der Waals surface area (Å²) in [4.78, 5) is 0. The molecule has 2 heteroatoms. The Morgan fingerprint density at radius 1 is 1.16 bits per heavy atom. The summed E-state index contributed by atoms with van der Waals surface area (Å²) in [6, 6.07) is 6.90. The standard InChI is InChI=1S/C17H26O2/c1-13(2)5-6-14(3)11-15(4)12-19-17-9-7-16(18)8-10-17/h5,7-10,14-15,18H,6,11-12H2,1-4H3. The topological polar surface area (TPSA) is 29.5 Å². The molecule has 0 aliphatic carbocycles. The highest BCUT2D eigenvalue weighted by molar-refractivity contribution is 5.30. The molecule has 0 aromatic heterocycles. The predicted octanol–water partition coefficient (Wildman–Crippen LogP) is 4.79. The molecule has 2 nitrogen and oxygen atoms in total. The van der Waals surface area contributed by atoms with Crippen LogP contribution in [0.15, 0.2) is 35.9 Å². The Morgan fingerprint density at radius 2 is 1.79 bits per heavy atom. The van der Waals surface area contributed by atoms with Gasteiger partial charge in [-0.1, -0.05) is 25.5 Å². The number of hydrogen-bond acceptors (Lipinski definition) is 2. The van der Waals surface area contributed by atoms with Crippen molar-refractivity contribution >= 4 is 0 Å². The van der Waals surface area contributed by atoms with Crippen molar-refractivity contribution in [3.8, 4) is 11.5 Å². The molecule has 106 valence electrons. The summed E-state index contributed by atoms with van der Waals surface area (Å²) in [7, 11) is 0. The van der Waals surface area contributed by atoms with E-state index >= 15 is 0 Å². The number of hydrogen-bond donors (Lipinski definition) is 1. The number of rotatable bonds is 7. The van der Waals surface area contributed by atoms with Crippen molar-refractivity contribution < 1.29 is 9.84 Å². The second-order valence-corrected chi connectivity index (χ2v) is 5.77. The number of allylic oxidation sites excluding steroid dienone is 2. The van der Waals surface area contributed by atoms with Crippen molar-refractivity contribution in [2.75, 3.05) is 6.61 Å². The molecule has 0 fully saturated rings. The third kappa shape index (κ3) is 6.90. The molecule has 0 spiro atoms. The van der Waals surface area contributed by atoms with Gasteiger partial charge < -0.3 is 9.84 Å². The molecule has 0 radical (unpaired) electrons. The fourth-order valence-corrected chi connectivity index (χ4v) is 2.07. The molecule has 0 amide bonds. The van der Waals surface area contributed by atoms with Crippen molar-refractivity contribution in [3.63, 3.8) is 0 Å². The smallest absolute Gasteiger partial charge is 0.119 e. The van der Waals surface area contributed by atoms with Gasteiger partial charge in [-0.05, 0) is 62.8 Å². The number of aromatic hydroxyl groups is 1. The number of phenolic OH excluding ortho intramolecular Hbond substituents is 1. The van der Waals surface area contributed by atoms with Crippen molar-refractivity contribution in [2.24, 2.45) is 11.8 Å². The molecule has 0 saturated carbocycles. The highest BCUT2D eigenvalue weighted by Gasteiger charge is 2.09. The average molecular weight is 262 g/mol. The number of phenols is 1. The predicted molar refractivity (Wildman–Crippen MR) is 80.6 cm³/mol. The molecule has 1 aromatic rings. The van der Waals surface area contributed by atoms with Crippen LogP contribution in [-0.2, 0) is 0 Å². The summed E-state index contributed by atoms with van der Waals surface area (Å²) in [6.07, 6.45) is 4.62. The van der Waals surface area contributed by atoms with Crippen molar-refractivity contribution in [1.82, 2.24) is 0 Å². The van der Waals surface area contributed by atoms with E-state index in [0.717, 1.165) is 18.8 Å². The minimum Gasteiger partial charge on any atom is -0.508 e. The molecule has 1 rings (SSSR count). The van der Waals surface area contributed by atoms with Gasteiger partial charge in [0.05, 0.1) is 6.61 Å². The normalized spacial score (nSPS) is 13.7. The molecule has 0 saturated heterocycles. The van der Waals surface area contributed by atoms with E-state index in [1.807, 2.05) is 0 Å². The molecule has 1 aromatic carbocycles. The quantitative estimate of drug-likeness (QED) is 0.716. The highest BCUT2D eigenvalue weighted by atomic mass is 16.5. The zero-order chi connectivity index (χ0) is 14.3. The first kappa shape index (κ1) is 15.6. The van der Waals surface area contributed by atoms with E-state index in [1.54, 1.807) is 24.3 Å². The molecule has 2 unspecified atom stereocenters. The first-order valence-electron chi connectivity index (χ1n) is 7.02. The van der Waals surface area contributed by atoms with Gasteiger partial charge in [-0.2, -0.15) is 0 Å². The van der Waals surface area contributed by atoms with Gasteiger partial charge >= 0.3 is 0 Å². The lowest BCUT2D eigenvalue weighted by molar-refractivity contribution is 0.235. The zero-order valence-corrected chi connectivity index (χ0v) is 12.5. The summed E-state index contributed by atoms with van der Waals surface area (Å²) in [5.41, 5.74) is 1.39. The molecule has 19 heavy (non-hydrogen) atoms. The Morgan fingerprint density at radius 3 is 2.37 bits per heavy atom. The third-order valence-corrected chi connectivity index (χ3v) is 3.10. The Labute approximate surface area is 117 Å². The largest absolute Gasteiger partial charge is 0.508 e. The van der Waals surface area contributed by atoms with Crippen LogP contribution < -0.4 is 4.74 Å². The number of benzene rings is 1. The van der Waals surface area contributed by atoms with Gasteiger partial charge in [0.1, 0.15) is 11.5 Å². The van der Waals surface area contributed by atoms with Crippen LogP contribution in [0.2, 0.25) is 0 Å². The van der Waals surface area contributed by atoms with Gasteiger partial charge in [0.2, 0.25) is 0 Å². The first-order chi connectivity index (χ1) is 8.97. The maximum atomic E-state index is 9.20. The fourth-order valence-electron chi connectivity index (χ4n) is 2.07. The van der Waals surface area contributed by atoms with E-state index < -0.39 is 0 Å². The van der Waals surface area contributed by atoms with Crippen LogP contribution in [-0.4, -0.2) is 11.7 Å². The summed E-state index contributed by atoms with van der Waals surface area (Å²) >= 11 is 0. The molecular formula is C17H26O2. The van der Waals surface area contributed by atoms with E-state index in [4.69, 9.17) is 4.74 Å². The molecule has 0 aliphatic heterocycles. The van der Waals surface area contributed by atoms with Gasteiger partial charge in [0.25, 0.3) is 0 Å². The van der Waals surface area contributed by atoms with E-state index in [1.165, 1.54) is 12.0 Å². The summed E-state index contributed by atoms with van der Waals surface area (Å²) < 4.78 is 5.72. The average Bonchev–Trinajstić information content (AvgIpc) is 2.36. The van der Waals surface area contributed by atoms with Gasteiger partial charge in [-0.3, -0.25) is 0 Å². The van der Waals surface area contributed by atoms with Gasteiger partial charge in [-0.25, -0.2) is 0 Å². The van der Waals surface area contributed by atoms with Crippen LogP contribution in [0.1, 0.15) is 40.5 Å². The Hall–Kier alpha value is -1.44. The Balaban J connectivity index is 2.29. The van der Waals surface area contributed by atoms with Crippen LogP contribution in [0, 0.1) is 11.8 Å². The molecule has 0 heterocycles. The second-order valence-electron chi connectivity index (χ2n) is 5.77. The second kappa shape index (κ2) is 7.88. The molecular weight excluding hydrogens is 236 g/mol. The van der Waals surface area contributed by atoms with E-state index in [-0.39, 0.29) is 5.75 Å². The van der Waals surface area contributed by atoms with E-state index in [2.05, 4.69) is 33.8 Å². The molecule has 0 bridgehead atoms. The molecule has 1 N–H and O–H groups in total. The van der Waals surface area contributed by atoms with Crippen LogP contribution in [0.5, 0.6) is 11.5 Å². The lowest BCUT2D eigenvalue weighted by Crippen LogP contribution is -2.12. The first-order valence-corrected chi connectivity index (χ1v) is 7.02. The molecule has 0 aliphatic rings. The van der Waals surface area contributed by atoms with E-state index in [9.17, 15) is 5.11 Å². The highest BCUT2D eigenvalue weighted by Crippen LogP contribution is 2.20. The molecule has 2 atom stereocenters. The third-order valence-electron chi connectivity index (χ3n) is 3.10. The Bertz CT molecular complexity index is 388. The fraction of sp³-hybridized carbons (Fsp3) is 0.529. The monoisotopic (exact) mass is 262 g/mol. The SMILES string of the molecule is CC(C)=CCC(C)CC(C)COc1ccc(O)cc1. The summed E-state index contributed by atoms with van der Waals surface area (Å²) in [5, 5.41) is 9.20. The minimum absolute atomic E-state index is 0.274. The maximum absolute atomic E-state index is 9.20. The van der Waals surface area contributed by atoms with Crippen LogP contribution in [0.3, 0.4) is 0 Å². The summed E-state index contributed by atoms with van der Waals surface area (Å²) in [6.45, 7) is 9.52. The van der Waals surface area contributed by atoms with Crippen molar-refractivity contribution in [1.29, 1.82) is 0 Å². The van der Waals surface area contributed by atoms with Crippen LogP contribution in [0.25, 0.3) is 0 Å². The lowest BCUT2D eigenvalue weighted by atomic mass is 9.94. The van der Waals surface area contributed by atoms with Crippen LogP contribution >= 0.6 is 0 Å². The van der Waals surface area contributed by atoms with Crippen molar-refractivity contribution in [2.45, 2.75) is 40.5 Å². The van der Waals surface area contributed by atoms with E-state index in [0.29, 0.717) is 11.8 Å². The zero-order valence-electron chi connectivity index (χ0n) is 12.5. The maximum Gasteiger partial charge on any atom is 0.119 e.